The highest BCUT2D eigenvalue weighted by molar-refractivity contribution is 7.14. The number of benzene rings is 1. The summed E-state index contributed by atoms with van der Waals surface area (Å²) in [7, 11) is 0. The van der Waals surface area contributed by atoms with Gasteiger partial charge in [0.2, 0.25) is 0 Å². The van der Waals surface area contributed by atoms with Gasteiger partial charge in [0.15, 0.2) is 5.78 Å². The number of anilines is 1. The van der Waals surface area contributed by atoms with Crippen LogP contribution >= 0.6 is 22.9 Å². The van der Waals surface area contributed by atoms with Crippen molar-refractivity contribution in [3.8, 4) is 0 Å². The fourth-order valence-corrected chi connectivity index (χ4v) is 5.27. The van der Waals surface area contributed by atoms with Gasteiger partial charge in [0.05, 0.1) is 23.1 Å². The number of likely N-dealkylation sites (tertiary alicyclic amines) is 1. The highest BCUT2D eigenvalue weighted by Crippen LogP contribution is 2.29. The first-order chi connectivity index (χ1) is 15.1. The fourth-order valence-electron chi connectivity index (χ4n) is 3.97. The predicted molar refractivity (Wildman–Crippen MR) is 128 cm³/mol. The fraction of sp³-hybridized carbons (Fsp3) is 0.417. The maximum absolute atomic E-state index is 12.7. The van der Waals surface area contributed by atoms with Gasteiger partial charge in [-0.3, -0.25) is 4.79 Å². The van der Waals surface area contributed by atoms with Crippen molar-refractivity contribution >= 4 is 45.3 Å². The van der Waals surface area contributed by atoms with Crippen LogP contribution in [0.3, 0.4) is 0 Å². The number of aromatic nitrogens is 1. The molecule has 0 amide bonds. The number of halogens is 1. The smallest absolute Gasteiger partial charge is 0.173 e. The van der Waals surface area contributed by atoms with Crippen LogP contribution in [0.2, 0.25) is 5.02 Å². The molecule has 2 aromatic heterocycles. The summed E-state index contributed by atoms with van der Waals surface area (Å²) in [6.07, 6.45) is 6.73. The topological polar surface area (TPSA) is 68.4 Å². The van der Waals surface area contributed by atoms with Crippen molar-refractivity contribution in [1.82, 2.24) is 9.88 Å². The van der Waals surface area contributed by atoms with Crippen molar-refractivity contribution < 1.29 is 9.53 Å². The summed E-state index contributed by atoms with van der Waals surface area (Å²) < 4.78 is 5.83. The molecule has 0 bridgehead atoms. The van der Waals surface area contributed by atoms with E-state index in [1.807, 2.05) is 18.2 Å². The average Bonchev–Trinajstić information content (AvgIpc) is 3.16. The number of aryl methyl sites for hydroxylation is 1. The largest absolute Gasteiger partial charge is 0.383 e. The number of nitrogens with two attached hydrogens (primary N) is 1. The number of ether oxygens (including phenoxy) is 1. The normalized spacial score (nSPS) is 14.9. The maximum atomic E-state index is 12.7. The Hall–Kier alpha value is -1.99. The molecule has 0 spiro atoms. The molecule has 3 heterocycles. The molecule has 0 radical (unpaired) electrons. The molecule has 1 aromatic carbocycles. The van der Waals surface area contributed by atoms with Crippen LogP contribution in [-0.4, -0.2) is 41.9 Å². The monoisotopic (exact) mass is 457 g/mol. The van der Waals surface area contributed by atoms with Crippen LogP contribution in [-0.2, 0) is 17.8 Å². The minimum atomic E-state index is 0.112. The van der Waals surface area contributed by atoms with E-state index in [9.17, 15) is 4.79 Å². The molecule has 0 atom stereocenters. The van der Waals surface area contributed by atoms with Crippen molar-refractivity contribution in [3.05, 3.63) is 56.9 Å². The summed E-state index contributed by atoms with van der Waals surface area (Å²) >= 11 is 7.81. The highest BCUT2D eigenvalue weighted by Gasteiger charge is 2.15. The number of ketones is 1. The second-order valence-corrected chi connectivity index (χ2v) is 9.56. The third-order valence-electron chi connectivity index (χ3n) is 5.77. The number of hydrogen-bond acceptors (Lipinski definition) is 6. The first kappa shape index (κ1) is 22.2. The van der Waals surface area contributed by atoms with E-state index in [1.54, 1.807) is 12.3 Å². The van der Waals surface area contributed by atoms with E-state index >= 15 is 0 Å². The molecule has 0 unspecified atom stereocenters. The Kier molecular flexibility index (Phi) is 7.56. The van der Waals surface area contributed by atoms with Crippen LogP contribution in [0.15, 0.2) is 36.5 Å². The lowest BCUT2D eigenvalue weighted by Gasteiger charge is -2.26. The predicted octanol–water partition coefficient (Wildman–Crippen LogP) is 5.35. The average molecular weight is 458 g/mol. The van der Waals surface area contributed by atoms with Crippen molar-refractivity contribution in [2.45, 2.75) is 38.7 Å². The highest BCUT2D eigenvalue weighted by atomic mass is 35.5. The van der Waals surface area contributed by atoms with Gasteiger partial charge in [-0.05, 0) is 55.4 Å². The minimum Gasteiger partial charge on any atom is -0.383 e. The molecule has 2 N–H and O–H groups in total. The van der Waals surface area contributed by atoms with Gasteiger partial charge in [-0.25, -0.2) is 4.98 Å². The number of thiophene rings is 1. The van der Waals surface area contributed by atoms with Gasteiger partial charge < -0.3 is 15.4 Å². The number of carbonyl (C=O) groups excluding carboxylic acids is 1. The third kappa shape index (κ3) is 5.83. The lowest BCUT2D eigenvalue weighted by molar-refractivity contribution is 0.0878. The lowest BCUT2D eigenvalue weighted by atomic mass is 10.0. The quantitative estimate of drug-likeness (QED) is 0.346. The van der Waals surface area contributed by atoms with Gasteiger partial charge in [0.1, 0.15) is 5.82 Å². The van der Waals surface area contributed by atoms with Gasteiger partial charge >= 0.3 is 0 Å². The van der Waals surface area contributed by atoms with Gasteiger partial charge in [-0.15, -0.1) is 11.3 Å². The molecule has 7 heteroatoms. The van der Waals surface area contributed by atoms with Gasteiger partial charge in [-0.2, -0.15) is 0 Å². The van der Waals surface area contributed by atoms with Crippen LogP contribution in [0.5, 0.6) is 0 Å². The lowest BCUT2D eigenvalue weighted by Crippen LogP contribution is -2.32. The molecule has 0 saturated carbocycles. The Balaban J connectivity index is 1.28. The molecule has 31 heavy (non-hydrogen) atoms. The van der Waals surface area contributed by atoms with E-state index in [1.165, 1.54) is 43.7 Å². The van der Waals surface area contributed by atoms with E-state index in [-0.39, 0.29) is 5.78 Å². The van der Waals surface area contributed by atoms with Crippen molar-refractivity contribution in [2.75, 3.05) is 32.0 Å². The van der Waals surface area contributed by atoms with Crippen LogP contribution < -0.4 is 5.73 Å². The summed E-state index contributed by atoms with van der Waals surface area (Å²) in [6.45, 7) is 4.46. The Morgan fingerprint density at radius 1 is 1.19 bits per heavy atom. The molecular weight excluding hydrogens is 430 g/mol. The number of hydrogen-bond donors (Lipinski definition) is 1. The molecular formula is C24H28ClN3O2S. The third-order valence-corrected chi connectivity index (χ3v) is 7.37. The summed E-state index contributed by atoms with van der Waals surface area (Å²) in [5.74, 6) is 0.639. The summed E-state index contributed by atoms with van der Waals surface area (Å²) in [5.41, 5.74) is 7.02. The Labute approximate surface area is 192 Å². The molecule has 1 saturated heterocycles. The van der Waals surface area contributed by atoms with Crippen LogP contribution in [0.25, 0.3) is 10.8 Å². The van der Waals surface area contributed by atoms with Crippen LogP contribution in [0, 0.1) is 0 Å². The van der Waals surface area contributed by atoms with E-state index in [0.717, 1.165) is 27.8 Å². The number of nitrogen functional groups attached to an aromatic ring is 1. The number of piperidine rings is 1. The van der Waals surface area contributed by atoms with E-state index in [4.69, 9.17) is 22.1 Å². The zero-order valence-electron chi connectivity index (χ0n) is 17.6. The van der Waals surface area contributed by atoms with E-state index in [0.29, 0.717) is 41.8 Å². The molecule has 1 aliphatic heterocycles. The summed E-state index contributed by atoms with van der Waals surface area (Å²) in [6, 6.07) is 9.78. The van der Waals surface area contributed by atoms with Crippen molar-refractivity contribution in [3.63, 3.8) is 0 Å². The van der Waals surface area contributed by atoms with Crippen molar-refractivity contribution in [2.24, 2.45) is 0 Å². The van der Waals surface area contributed by atoms with E-state index in [2.05, 4.69) is 16.0 Å². The molecule has 0 aliphatic carbocycles. The number of carbonyl (C=O) groups is 1. The molecule has 5 nitrogen and oxygen atoms in total. The molecule has 1 fully saturated rings. The molecule has 164 valence electrons. The SMILES string of the molecule is Nc1nccc2cc(CCC(=O)c3cc(Cl)c(COCCN4CCCCC4)s3)ccc12. The Bertz CT molecular complexity index is 1050. The molecule has 1 aliphatic rings. The standard InChI is InChI=1S/C24H28ClN3O2S/c25-20-15-22(31-23(20)16-30-13-12-28-10-2-1-3-11-28)21(29)7-5-17-4-6-19-18(14-17)8-9-27-24(19)26/h4,6,8-9,14-15H,1-3,5,7,10-13,16H2,(H2,26,27). The second kappa shape index (κ2) is 10.6. The number of Topliss-reactive ketones (excluding diaryl/α,β-unsaturated/α-hetero) is 1. The zero-order valence-corrected chi connectivity index (χ0v) is 19.2. The number of nitrogens with zero attached hydrogens (tertiary/aromatic N) is 2. The van der Waals surface area contributed by atoms with Gasteiger partial charge in [0.25, 0.3) is 0 Å². The molecule has 4 rings (SSSR count). The Morgan fingerprint density at radius 3 is 2.87 bits per heavy atom. The van der Waals surface area contributed by atoms with Gasteiger partial charge in [0, 0.05) is 29.4 Å². The number of pyridine rings is 1. The summed E-state index contributed by atoms with van der Waals surface area (Å²) in [4.78, 5) is 20.9. The Morgan fingerprint density at radius 2 is 2.03 bits per heavy atom. The van der Waals surface area contributed by atoms with Crippen molar-refractivity contribution in [1.29, 1.82) is 0 Å². The van der Waals surface area contributed by atoms with Crippen LogP contribution in [0.1, 0.15) is 45.8 Å². The van der Waals surface area contributed by atoms with Gasteiger partial charge in [-0.1, -0.05) is 36.2 Å². The maximum Gasteiger partial charge on any atom is 0.173 e. The number of fused-ring (bicyclic) bond motifs is 1. The van der Waals surface area contributed by atoms with E-state index < -0.39 is 0 Å². The second-order valence-electron chi connectivity index (χ2n) is 8.01. The van der Waals surface area contributed by atoms with Crippen LogP contribution in [0.4, 0.5) is 5.82 Å². The zero-order chi connectivity index (χ0) is 21.6. The number of rotatable bonds is 9. The first-order valence-corrected chi connectivity index (χ1v) is 12.0. The first-order valence-electron chi connectivity index (χ1n) is 10.8. The minimum absolute atomic E-state index is 0.112. The molecule has 3 aromatic rings. The summed E-state index contributed by atoms with van der Waals surface area (Å²) in [5, 5.41) is 2.60.